The van der Waals surface area contributed by atoms with E-state index in [1.165, 1.54) is 6.20 Å². The maximum Gasteiger partial charge on any atom is 0.573 e. The third-order valence-corrected chi connectivity index (χ3v) is 2.57. The van der Waals surface area contributed by atoms with Crippen LogP contribution < -0.4 is 4.74 Å². The van der Waals surface area contributed by atoms with Gasteiger partial charge in [-0.1, -0.05) is 15.9 Å². The average molecular weight is 335 g/mol. The molecule has 7 heteroatoms. The summed E-state index contributed by atoms with van der Waals surface area (Å²) in [4.78, 5) is 3.58. The molecule has 1 rings (SSSR count). The second-order valence-electron chi connectivity index (χ2n) is 2.28. The van der Waals surface area contributed by atoms with Crippen LogP contribution in [-0.2, 0) is 5.33 Å². The van der Waals surface area contributed by atoms with Crippen molar-refractivity contribution < 1.29 is 17.9 Å². The largest absolute Gasteiger partial charge is 0.573 e. The van der Waals surface area contributed by atoms with E-state index in [0.29, 0.717) is 10.0 Å². The zero-order valence-electron chi connectivity index (χ0n) is 6.61. The summed E-state index contributed by atoms with van der Waals surface area (Å²) in [6.45, 7) is 0. The summed E-state index contributed by atoms with van der Waals surface area (Å²) >= 11 is 6.14. The molecule has 0 aliphatic carbocycles. The molecule has 0 spiro atoms. The van der Waals surface area contributed by atoms with Gasteiger partial charge in [-0.05, 0) is 15.9 Å². The molecule has 0 saturated carbocycles. The van der Waals surface area contributed by atoms with Gasteiger partial charge in [-0.2, -0.15) is 0 Å². The lowest BCUT2D eigenvalue weighted by atomic mass is 10.3. The summed E-state index contributed by atoms with van der Waals surface area (Å²) in [6, 6.07) is 0. The summed E-state index contributed by atoms with van der Waals surface area (Å²) in [5, 5.41) is 0.252. The van der Waals surface area contributed by atoms with Gasteiger partial charge in [0.15, 0.2) is 5.75 Å². The number of aromatic nitrogens is 1. The molecule has 0 aliphatic rings. The molecule has 0 N–H and O–H groups in total. The van der Waals surface area contributed by atoms with E-state index < -0.39 is 6.36 Å². The second-order valence-corrected chi connectivity index (χ2v) is 3.69. The Balaban J connectivity index is 3.02. The zero-order valence-corrected chi connectivity index (χ0v) is 9.78. The highest BCUT2D eigenvalue weighted by atomic mass is 79.9. The molecule has 0 atom stereocenters. The monoisotopic (exact) mass is 333 g/mol. The third kappa shape index (κ3) is 3.13. The number of ether oxygens (including phenoxy) is 1. The molecule has 1 aromatic rings. The first-order valence-electron chi connectivity index (χ1n) is 3.38. The molecular weight excluding hydrogens is 331 g/mol. The van der Waals surface area contributed by atoms with Crippen LogP contribution in [0.5, 0.6) is 5.75 Å². The third-order valence-electron chi connectivity index (χ3n) is 1.32. The highest BCUT2D eigenvalue weighted by molar-refractivity contribution is 9.10. The van der Waals surface area contributed by atoms with E-state index in [4.69, 9.17) is 0 Å². The van der Waals surface area contributed by atoms with Crippen molar-refractivity contribution in [3.05, 3.63) is 22.4 Å². The minimum Gasteiger partial charge on any atom is -0.404 e. The molecule has 0 bridgehead atoms. The van der Waals surface area contributed by atoms with Gasteiger partial charge in [0.2, 0.25) is 0 Å². The summed E-state index contributed by atoms with van der Waals surface area (Å²) in [5.74, 6) is -0.302. The molecule has 1 heterocycles. The van der Waals surface area contributed by atoms with Crippen molar-refractivity contribution >= 4 is 31.9 Å². The number of alkyl halides is 4. The topological polar surface area (TPSA) is 22.1 Å². The summed E-state index contributed by atoms with van der Waals surface area (Å²) in [7, 11) is 0. The van der Waals surface area contributed by atoms with Crippen LogP contribution in [0.2, 0.25) is 0 Å². The zero-order chi connectivity index (χ0) is 10.8. The van der Waals surface area contributed by atoms with Crippen LogP contribution in [0, 0.1) is 0 Å². The Labute approximate surface area is 94.7 Å². The molecule has 0 aromatic carbocycles. The Kier molecular flexibility index (Phi) is 3.77. The first-order valence-corrected chi connectivity index (χ1v) is 5.29. The molecule has 0 saturated heterocycles. The van der Waals surface area contributed by atoms with Crippen molar-refractivity contribution in [2.45, 2.75) is 11.7 Å². The van der Waals surface area contributed by atoms with E-state index in [1.807, 2.05) is 0 Å². The van der Waals surface area contributed by atoms with Gasteiger partial charge in [-0.15, -0.1) is 13.2 Å². The number of nitrogens with zero attached hydrogens (tertiary/aromatic N) is 1. The number of halogens is 5. The van der Waals surface area contributed by atoms with Gasteiger partial charge < -0.3 is 4.74 Å². The SMILES string of the molecule is FC(F)(F)Oc1cncc(Br)c1CBr. The van der Waals surface area contributed by atoms with E-state index in [2.05, 4.69) is 41.6 Å². The molecule has 14 heavy (non-hydrogen) atoms. The van der Waals surface area contributed by atoms with Crippen LogP contribution in [0.3, 0.4) is 0 Å². The fraction of sp³-hybridized carbons (Fsp3) is 0.286. The van der Waals surface area contributed by atoms with Crippen LogP contribution in [0.1, 0.15) is 5.56 Å². The summed E-state index contributed by atoms with van der Waals surface area (Å²) < 4.78 is 40.0. The molecule has 0 aliphatic heterocycles. The summed E-state index contributed by atoms with van der Waals surface area (Å²) in [5.41, 5.74) is 0.373. The fourth-order valence-corrected chi connectivity index (χ4v) is 2.19. The Bertz CT molecular complexity index is 329. The van der Waals surface area contributed by atoms with Crippen molar-refractivity contribution in [2.75, 3.05) is 0 Å². The van der Waals surface area contributed by atoms with Gasteiger partial charge in [-0.3, -0.25) is 4.98 Å². The molecule has 0 unspecified atom stereocenters. The molecular formula is C7H4Br2F3NO. The number of hydrogen-bond acceptors (Lipinski definition) is 2. The molecule has 0 radical (unpaired) electrons. The predicted molar refractivity (Wildman–Crippen MR) is 51.3 cm³/mol. The number of rotatable bonds is 2. The van der Waals surface area contributed by atoms with Crippen molar-refractivity contribution in [1.29, 1.82) is 0 Å². The first-order chi connectivity index (χ1) is 6.44. The first kappa shape index (κ1) is 11.8. The minimum atomic E-state index is -4.70. The van der Waals surface area contributed by atoms with Gasteiger partial charge in [0.25, 0.3) is 0 Å². The highest BCUT2D eigenvalue weighted by Gasteiger charge is 2.32. The lowest BCUT2D eigenvalue weighted by Crippen LogP contribution is -2.18. The molecule has 0 amide bonds. The highest BCUT2D eigenvalue weighted by Crippen LogP contribution is 2.31. The van der Waals surface area contributed by atoms with E-state index in [9.17, 15) is 13.2 Å². The van der Waals surface area contributed by atoms with E-state index in [-0.39, 0.29) is 11.1 Å². The number of hydrogen-bond donors (Lipinski definition) is 0. The van der Waals surface area contributed by atoms with E-state index in [1.54, 1.807) is 0 Å². The van der Waals surface area contributed by atoms with Crippen LogP contribution in [-0.4, -0.2) is 11.3 Å². The lowest BCUT2D eigenvalue weighted by molar-refractivity contribution is -0.275. The summed E-state index contributed by atoms with van der Waals surface area (Å²) in [6.07, 6.45) is -2.27. The maximum absolute atomic E-state index is 11.9. The second kappa shape index (κ2) is 4.48. The van der Waals surface area contributed by atoms with Crippen molar-refractivity contribution in [2.24, 2.45) is 0 Å². The Morgan fingerprint density at radius 3 is 2.50 bits per heavy atom. The average Bonchev–Trinajstić information content (AvgIpc) is 2.01. The standard InChI is InChI=1S/C7H4Br2F3NO/c8-1-4-5(9)2-13-3-6(4)14-7(10,11)12/h2-3H,1H2. The quantitative estimate of drug-likeness (QED) is 0.770. The normalized spacial score (nSPS) is 11.5. The van der Waals surface area contributed by atoms with Gasteiger partial charge in [-0.25, -0.2) is 0 Å². The molecule has 0 fully saturated rings. The van der Waals surface area contributed by atoms with Crippen LogP contribution >= 0.6 is 31.9 Å². The Hall–Kier alpha value is -0.300. The molecule has 2 nitrogen and oxygen atoms in total. The molecule has 78 valence electrons. The fourth-order valence-electron chi connectivity index (χ4n) is 0.786. The maximum atomic E-state index is 11.9. The van der Waals surface area contributed by atoms with Crippen LogP contribution in [0.25, 0.3) is 0 Å². The Morgan fingerprint density at radius 2 is 2.00 bits per heavy atom. The van der Waals surface area contributed by atoms with Crippen molar-refractivity contribution in [3.8, 4) is 5.75 Å². The predicted octanol–water partition coefficient (Wildman–Crippen LogP) is 3.64. The van der Waals surface area contributed by atoms with Gasteiger partial charge in [0, 0.05) is 21.6 Å². The van der Waals surface area contributed by atoms with Crippen molar-refractivity contribution in [1.82, 2.24) is 4.98 Å². The Morgan fingerprint density at radius 1 is 1.36 bits per heavy atom. The van der Waals surface area contributed by atoms with Crippen molar-refractivity contribution in [3.63, 3.8) is 0 Å². The minimum absolute atomic E-state index is 0.252. The van der Waals surface area contributed by atoms with Gasteiger partial charge >= 0.3 is 6.36 Å². The van der Waals surface area contributed by atoms with E-state index >= 15 is 0 Å². The lowest BCUT2D eigenvalue weighted by Gasteiger charge is -2.12. The van der Waals surface area contributed by atoms with Crippen LogP contribution in [0.15, 0.2) is 16.9 Å². The van der Waals surface area contributed by atoms with Crippen LogP contribution in [0.4, 0.5) is 13.2 Å². The number of pyridine rings is 1. The smallest absolute Gasteiger partial charge is 0.404 e. The van der Waals surface area contributed by atoms with Gasteiger partial charge in [0.1, 0.15) is 0 Å². The van der Waals surface area contributed by atoms with Gasteiger partial charge in [0.05, 0.1) is 6.20 Å². The van der Waals surface area contributed by atoms with E-state index in [0.717, 1.165) is 6.20 Å². The molecule has 1 aromatic heterocycles.